The molecule has 0 spiro atoms. The third-order valence-electron chi connectivity index (χ3n) is 5.22. The van der Waals surface area contributed by atoms with Gasteiger partial charge in [-0.05, 0) is 31.4 Å². The average Bonchev–Trinajstić information content (AvgIpc) is 3.17. The van der Waals surface area contributed by atoms with E-state index in [1.807, 2.05) is 42.5 Å². The third-order valence-corrected chi connectivity index (χ3v) is 5.22. The van der Waals surface area contributed by atoms with Gasteiger partial charge in [-0.15, -0.1) is 0 Å². The SMILES string of the molecule is COC(=O)[C@@H]1C[C@]2(C(=O)OC)CCCN2[C@@H]1/C=C/c1ccccc1. The number of benzene rings is 1. The molecule has 1 aromatic carbocycles. The van der Waals surface area contributed by atoms with E-state index in [1.54, 1.807) is 0 Å². The average molecular weight is 329 g/mol. The minimum absolute atomic E-state index is 0.153. The summed E-state index contributed by atoms with van der Waals surface area (Å²) in [5.41, 5.74) is 0.370. The Kier molecular flexibility index (Phi) is 4.71. The number of carbonyl (C=O) groups is 2. The van der Waals surface area contributed by atoms with Gasteiger partial charge in [-0.2, -0.15) is 0 Å². The lowest BCUT2D eigenvalue weighted by atomic mass is 9.88. The largest absolute Gasteiger partial charge is 0.469 e. The van der Waals surface area contributed by atoms with Crippen molar-refractivity contribution in [2.45, 2.75) is 30.8 Å². The first-order chi connectivity index (χ1) is 11.6. The van der Waals surface area contributed by atoms with Gasteiger partial charge in [-0.25, -0.2) is 0 Å². The van der Waals surface area contributed by atoms with Crippen molar-refractivity contribution in [3.8, 4) is 0 Å². The molecule has 3 rings (SSSR count). The van der Waals surface area contributed by atoms with Crippen molar-refractivity contribution < 1.29 is 19.1 Å². The Morgan fingerprint density at radius 3 is 2.62 bits per heavy atom. The van der Waals surface area contributed by atoms with E-state index in [9.17, 15) is 9.59 Å². The van der Waals surface area contributed by atoms with Gasteiger partial charge in [-0.3, -0.25) is 14.5 Å². The van der Waals surface area contributed by atoms with Crippen molar-refractivity contribution in [1.82, 2.24) is 4.90 Å². The monoisotopic (exact) mass is 329 g/mol. The first-order valence-electron chi connectivity index (χ1n) is 8.28. The molecule has 0 unspecified atom stereocenters. The number of hydrogen-bond donors (Lipinski definition) is 0. The van der Waals surface area contributed by atoms with E-state index < -0.39 is 5.54 Å². The van der Waals surface area contributed by atoms with Crippen LogP contribution in [0.5, 0.6) is 0 Å². The summed E-state index contributed by atoms with van der Waals surface area (Å²) in [6, 6.07) is 9.78. The fraction of sp³-hybridized carbons (Fsp3) is 0.474. The quantitative estimate of drug-likeness (QED) is 0.793. The van der Waals surface area contributed by atoms with Crippen molar-refractivity contribution in [3.05, 3.63) is 42.0 Å². The van der Waals surface area contributed by atoms with Gasteiger partial charge in [0.2, 0.25) is 0 Å². The van der Waals surface area contributed by atoms with E-state index in [1.165, 1.54) is 14.2 Å². The zero-order chi connectivity index (χ0) is 17.2. The molecule has 0 bridgehead atoms. The van der Waals surface area contributed by atoms with Crippen LogP contribution >= 0.6 is 0 Å². The van der Waals surface area contributed by atoms with Crippen LogP contribution in [0.15, 0.2) is 36.4 Å². The third kappa shape index (κ3) is 2.73. The molecule has 0 saturated carbocycles. The highest BCUT2D eigenvalue weighted by Crippen LogP contribution is 2.47. The molecule has 2 saturated heterocycles. The maximum Gasteiger partial charge on any atom is 0.326 e. The number of carbonyl (C=O) groups excluding carboxylic acids is 2. The standard InChI is InChI=1S/C19H23NO4/c1-23-17(21)15-13-19(18(22)24-2)11-6-12-20(19)16(15)10-9-14-7-4-3-5-8-14/h3-5,7-10,15-16H,6,11-13H2,1-2H3/b10-9+/t15-,16-,19+/m1/s1. The van der Waals surface area contributed by atoms with Gasteiger partial charge in [0.15, 0.2) is 0 Å². The van der Waals surface area contributed by atoms with Crippen molar-refractivity contribution in [1.29, 1.82) is 0 Å². The van der Waals surface area contributed by atoms with Crippen LogP contribution in [-0.2, 0) is 19.1 Å². The number of esters is 2. The van der Waals surface area contributed by atoms with Gasteiger partial charge < -0.3 is 9.47 Å². The summed E-state index contributed by atoms with van der Waals surface area (Å²) in [5, 5.41) is 0. The summed E-state index contributed by atoms with van der Waals surface area (Å²) >= 11 is 0. The van der Waals surface area contributed by atoms with Crippen LogP contribution in [0.25, 0.3) is 6.08 Å². The summed E-state index contributed by atoms with van der Waals surface area (Å²) < 4.78 is 10.0. The molecule has 5 heteroatoms. The number of nitrogens with zero attached hydrogens (tertiary/aromatic N) is 1. The molecular formula is C19H23NO4. The number of ether oxygens (including phenoxy) is 2. The van der Waals surface area contributed by atoms with E-state index in [0.29, 0.717) is 6.42 Å². The summed E-state index contributed by atoms with van der Waals surface area (Å²) in [7, 11) is 2.81. The molecule has 1 aromatic rings. The second-order valence-electron chi connectivity index (χ2n) is 6.41. The Morgan fingerprint density at radius 2 is 1.96 bits per heavy atom. The Balaban J connectivity index is 1.93. The molecule has 0 aliphatic carbocycles. The molecule has 24 heavy (non-hydrogen) atoms. The maximum absolute atomic E-state index is 12.5. The molecule has 0 aromatic heterocycles. The van der Waals surface area contributed by atoms with E-state index in [0.717, 1.165) is 24.9 Å². The number of fused-ring (bicyclic) bond motifs is 1. The number of hydrogen-bond acceptors (Lipinski definition) is 5. The van der Waals surface area contributed by atoms with Crippen molar-refractivity contribution in [2.24, 2.45) is 5.92 Å². The molecule has 0 amide bonds. The minimum atomic E-state index is -0.695. The molecule has 3 atom stereocenters. The predicted octanol–water partition coefficient (Wildman–Crippen LogP) is 2.27. The molecule has 2 aliphatic heterocycles. The first-order valence-corrected chi connectivity index (χ1v) is 8.28. The number of methoxy groups -OCH3 is 2. The maximum atomic E-state index is 12.5. The highest BCUT2D eigenvalue weighted by molar-refractivity contribution is 5.85. The number of rotatable bonds is 4. The van der Waals surface area contributed by atoms with E-state index in [-0.39, 0.29) is 23.9 Å². The summed E-state index contributed by atoms with van der Waals surface area (Å²) in [4.78, 5) is 26.9. The van der Waals surface area contributed by atoms with E-state index in [4.69, 9.17) is 9.47 Å². The normalized spacial score (nSPS) is 29.6. The Hall–Kier alpha value is -2.14. The molecule has 2 aliphatic rings. The zero-order valence-corrected chi connectivity index (χ0v) is 14.1. The Morgan fingerprint density at radius 1 is 1.21 bits per heavy atom. The first kappa shape index (κ1) is 16.7. The summed E-state index contributed by atoms with van der Waals surface area (Å²) in [6.45, 7) is 0.784. The van der Waals surface area contributed by atoms with Gasteiger partial charge in [0, 0.05) is 6.04 Å². The summed E-state index contributed by atoms with van der Waals surface area (Å²) in [6.07, 6.45) is 6.14. The fourth-order valence-electron chi connectivity index (χ4n) is 4.13. The Bertz CT molecular complexity index is 642. The Labute approximate surface area is 142 Å². The van der Waals surface area contributed by atoms with Gasteiger partial charge in [-0.1, -0.05) is 42.5 Å². The fourth-order valence-corrected chi connectivity index (χ4v) is 4.13. The van der Waals surface area contributed by atoms with Crippen LogP contribution in [-0.4, -0.2) is 49.2 Å². The van der Waals surface area contributed by atoms with Crippen molar-refractivity contribution in [3.63, 3.8) is 0 Å². The van der Waals surface area contributed by atoms with Crippen molar-refractivity contribution in [2.75, 3.05) is 20.8 Å². The summed E-state index contributed by atoms with van der Waals surface area (Å²) in [5.74, 6) is -0.866. The van der Waals surface area contributed by atoms with Crippen molar-refractivity contribution >= 4 is 18.0 Å². The highest BCUT2D eigenvalue weighted by Gasteiger charge is 2.60. The minimum Gasteiger partial charge on any atom is -0.469 e. The molecule has 0 N–H and O–H groups in total. The molecule has 2 fully saturated rings. The van der Waals surface area contributed by atoms with E-state index >= 15 is 0 Å². The molecular weight excluding hydrogens is 306 g/mol. The second-order valence-corrected chi connectivity index (χ2v) is 6.41. The van der Waals surface area contributed by atoms with Gasteiger partial charge in [0.1, 0.15) is 5.54 Å². The van der Waals surface area contributed by atoms with Gasteiger partial charge >= 0.3 is 11.9 Å². The van der Waals surface area contributed by atoms with Crippen LogP contribution in [0.1, 0.15) is 24.8 Å². The van der Waals surface area contributed by atoms with Crippen LogP contribution in [0.3, 0.4) is 0 Å². The van der Waals surface area contributed by atoms with Gasteiger partial charge in [0.05, 0.1) is 20.1 Å². The highest BCUT2D eigenvalue weighted by atomic mass is 16.5. The topological polar surface area (TPSA) is 55.8 Å². The predicted molar refractivity (Wildman–Crippen MR) is 90.1 cm³/mol. The lowest BCUT2D eigenvalue weighted by Crippen LogP contribution is -2.48. The lowest BCUT2D eigenvalue weighted by molar-refractivity contribution is -0.152. The molecule has 2 heterocycles. The van der Waals surface area contributed by atoms with Gasteiger partial charge in [0.25, 0.3) is 0 Å². The lowest BCUT2D eigenvalue weighted by Gasteiger charge is -2.31. The second kappa shape index (κ2) is 6.77. The van der Waals surface area contributed by atoms with E-state index in [2.05, 4.69) is 4.90 Å². The molecule has 5 nitrogen and oxygen atoms in total. The van der Waals surface area contributed by atoms with Crippen LogP contribution in [0.4, 0.5) is 0 Å². The zero-order valence-electron chi connectivity index (χ0n) is 14.1. The smallest absolute Gasteiger partial charge is 0.326 e. The van der Waals surface area contributed by atoms with Crippen LogP contribution in [0.2, 0.25) is 0 Å². The molecule has 128 valence electrons. The molecule has 0 radical (unpaired) electrons. The van der Waals surface area contributed by atoms with Crippen LogP contribution < -0.4 is 0 Å². The van der Waals surface area contributed by atoms with Crippen LogP contribution in [0, 0.1) is 5.92 Å².